The molecule has 2 amide bonds. The minimum Gasteiger partial charge on any atom is -0.481 e. The number of carboxylic acids is 1. The number of rotatable bonds is 9. The molecule has 1 spiro atoms. The number of ether oxygens (including phenoxy) is 2. The summed E-state index contributed by atoms with van der Waals surface area (Å²) in [5.41, 5.74) is -1.14. The molecule has 31 heavy (non-hydrogen) atoms. The van der Waals surface area contributed by atoms with E-state index in [1.165, 1.54) is 4.90 Å². The fourth-order valence-electron chi connectivity index (χ4n) is 5.77. The summed E-state index contributed by atoms with van der Waals surface area (Å²) in [5, 5.41) is 19.3. The van der Waals surface area contributed by atoms with Crippen molar-refractivity contribution in [2.45, 2.75) is 30.6 Å². The summed E-state index contributed by atoms with van der Waals surface area (Å²) in [6.07, 6.45) is 2.06. The third-order valence-corrected chi connectivity index (χ3v) is 7.11. The van der Waals surface area contributed by atoms with Crippen LogP contribution in [0.3, 0.4) is 0 Å². The molecule has 0 unspecified atom stereocenters. The van der Waals surface area contributed by atoms with Crippen LogP contribution in [0.5, 0.6) is 0 Å². The lowest BCUT2D eigenvalue weighted by Crippen LogP contribution is -2.57. The van der Waals surface area contributed by atoms with E-state index in [-0.39, 0.29) is 19.1 Å². The predicted molar refractivity (Wildman–Crippen MR) is 108 cm³/mol. The van der Waals surface area contributed by atoms with E-state index >= 15 is 0 Å². The first-order valence-corrected chi connectivity index (χ1v) is 11.0. The van der Waals surface area contributed by atoms with Crippen LogP contribution < -0.4 is 0 Å². The lowest BCUT2D eigenvalue weighted by molar-refractivity contribution is -0.151. The number of carbonyl (C=O) groups is 3. The minimum absolute atomic E-state index is 0.0285. The largest absolute Gasteiger partial charge is 0.481 e. The van der Waals surface area contributed by atoms with Gasteiger partial charge in [0.05, 0.1) is 37.8 Å². The molecule has 172 valence electrons. The van der Waals surface area contributed by atoms with Crippen LogP contribution in [0.25, 0.3) is 0 Å². The molecular weight excluding hydrogens is 406 g/mol. The van der Waals surface area contributed by atoms with Gasteiger partial charge >= 0.3 is 5.97 Å². The molecule has 2 bridgehead atoms. The average Bonchev–Trinajstić information content (AvgIpc) is 3.39. The third kappa shape index (κ3) is 3.65. The summed E-state index contributed by atoms with van der Waals surface area (Å²) in [7, 11) is 0. The summed E-state index contributed by atoms with van der Waals surface area (Å²) in [5.74, 6) is -3.61. The molecule has 4 heterocycles. The van der Waals surface area contributed by atoms with Crippen LogP contribution in [0, 0.1) is 11.8 Å². The fraction of sp³-hybridized carbons (Fsp3) is 0.762. The first-order valence-electron chi connectivity index (χ1n) is 11.0. The molecule has 10 nitrogen and oxygen atoms in total. The van der Waals surface area contributed by atoms with Crippen molar-refractivity contribution in [2.75, 3.05) is 59.1 Å². The van der Waals surface area contributed by atoms with Crippen molar-refractivity contribution in [1.82, 2.24) is 14.7 Å². The zero-order valence-corrected chi connectivity index (χ0v) is 17.6. The van der Waals surface area contributed by atoms with E-state index in [4.69, 9.17) is 9.47 Å². The van der Waals surface area contributed by atoms with Crippen LogP contribution in [-0.4, -0.2) is 120 Å². The number of hydrogen-bond acceptors (Lipinski definition) is 7. The predicted octanol–water partition coefficient (Wildman–Crippen LogP) is -1.22. The van der Waals surface area contributed by atoms with Gasteiger partial charge in [-0.3, -0.25) is 19.3 Å². The van der Waals surface area contributed by atoms with E-state index in [1.54, 1.807) is 11.0 Å². The van der Waals surface area contributed by atoms with Crippen LogP contribution in [0.1, 0.15) is 12.8 Å². The lowest BCUT2D eigenvalue weighted by Gasteiger charge is -2.37. The number of hydrogen-bond donors (Lipinski definition) is 2. The number of fused-ring (bicyclic) bond motifs is 1. The van der Waals surface area contributed by atoms with Crippen LogP contribution in [0.15, 0.2) is 12.7 Å². The number of morpholine rings is 1. The summed E-state index contributed by atoms with van der Waals surface area (Å²) in [4.78, 5) is 44.1. The third-order valence-electron chi connectivity index (χ3n) is 7.11. The number of carbonyl (C=O) groups excluding carboxylic acids is 2. The van der Waals surface area contributed by atoms with Gasteiger partial charge in [0.25, 0.3) is 0 Å². The first-order chi connectivity index (χ1) is 14.9. The number of nitrogens with zero attached hydrogens (tertiary/aromatic N) is 3. The Bertz CT molecular complexity index is 740. The summed E-state index contributed by atoms with van der Waals surface area (Å²) >= 11 is 0. The van der Waals surface area contributed by atoms with Gasteiger partial charge in [0.1, 0.15) is 11.6 Å². The normalized spacial score (nSPS) is 34.7. The maximum Gasteiger partial charge on any atom is 0.310 e. The van der Waals surface area contributed by atoms with Crippen molar-refractivity contribution in [1.29, 1.82) is 0 Å². The summed E-state index contributed by atoms with van der Waals surface area (Å²) in [6.45, 7) is 7.77. The topological polar surface area (TPSA) is 120 Å². The molecule has 4 fully saturated rings. The zero-order valence-electron chi connectivity index (χ0n) is 17.6. The second-order valence-corrected chi connectivity index (χ2v) is 8.68. The van der Waals surface area contributed by atoms with Gasteiger partial charge in [0, 0.05) is 39.3 Å². The molecule has 0 radical (unpaired) electrons. The van der Waals surface area contributed by atoms with Crippen molar-refractivity contribution < 1.29 is 34.1 Å². The second kappa shape index (κ2) is 8.85. The van der Waals surface area contributed by atoms with Crippen LogP contribution in [0.4, 0.5) is 0 Å². The quantitative estimate of drug-likeness (QED) is 0.431. The molecule has 0 aromatic heterocycles. The minimum atomic E-state index is -1.14. The van der Waals surface area contributed by atoms with E-state index in [9.17, 15) is 24.6 Å². The Labute approximate surface area is 181 Å². The smallest absolute Gasteiger partial charge is 0.310 e. The standard InChI is InChI=1S/C21H31N3O7/c1-2-5-23(7-6-22-9-12-30-13-10-22)19(27)17-21-4-3-14(31-21)15(20(28)29)16(21)18(26)24(17)8-11-25/h2,14-17,25H,1,3-13H2,(H,28,29)/t14-,15+,16+,17-,21+/m0/s1. The van der Waals surface area contributed by atoms with E-state index in [0.29, 0.717) is 45.7 Å². The molecule has 0 aromatic carbocycles. The van der Waals surface area contributed by atoms with E-state index in [2.05, 4.69) is 11.5 Å². The number of carboxylic acid groups (broad SMARTS) is 1. The Morgan fingerprint density at radius 1 is 1.29 bits per heavy atom. The first kappa shape index (κ1) is 22.2. The molecule has 4 rings (SSSR count). The Balaban J connectivity index is 1.59. The molecule has 0 aromatic rings. The molecule has 5 atom stereocenters. The van der Waals surface area contributed by atoms with Crippen molar-refractivity contribution in [2.24, 2.45) is 11.8 Å². The number of aliphatic carboxylic acids is 1. The maximum atomic E-state index is 13.8. The van der Waals surface area contributed by atoms with Crippen molar-refractivity contribution >= 4 is 17.8 Å². The van der Waals surface area contributed by atoms with Crippen molar-refractivity contribution in [3.8, 4) is 0 Å². The average molecular weight is 437 g/mol. The Kier molecular flexibility index (Phi) is 6.34. The van der Waals surface area contributed by atoms with Gasteiger partial charge in [-0.2, -0.15) is 0 Å². The summed E-state index contributed by atoms with van der Waals surface area (Å²) in [6, 6.07) is -0.934. The van der Waals surface area contributed by atoms with Crippen LogP contribution in [-0.2, 0) is 23.9 Å². The van der Waals surface area contributed by atoms with Gasteiger partial charge in [-0.1, -0.05) is 6.08 Å². The Morgan fingerprint density at radius 3 is 2.68 bits per heavy atom. The molecule has 10 heteroatoms. The van der Waals surface area contributed by atoms with Gasteiger partial charge in [0.15, 0.2) is 0 Å². The summed E-state index contributed by atoms with van der Waals surface area (Å²) < 4.78 is 11.5. The number of aliphatic hydroxyl groups excluding tert-OH is 1. The molecule has 0 saturated carbocycles. The number of likely N-dealkylation sites (tertiary alicyclic amines) is 1. The Hall–Kier alpha value is -2.01. The fourth-order valence-corrected chi connectivity index (χ4v) is 5.77. The maximum absolute atomic E-state index is 13.8. The highest BCUT2D eigenvalue weighted by Crippen LogP contribution is 2.58. The van der Waals surface area contributed by atoms with E-state index in [0.717, 1.165) is 13.1 Å². The van der Waals surface area contributed by atoms with Gasteiger partial charge in [-0.05, 0) is 12.8 Å². The van der Waals surface area contributed by atoms with E-state index in [1.807, 2.05) is 0 Å². The van der Waals surface area contributed by atoms with E-state index < -0.39 is 41.5 Å². The monoisotopic (exact) mass is 437 g/mol. The van der Waals surface area contributed by atoms with Gasteiger partial charge in [-0.15, -0.1) is 6.58 Å². The number of amides is 2. The van der Waals surface area contributed by atoms with Crippen molar-refractivity contribution in [3.05, 3.63) is 12.7 Å². The number of aliphatic hydroxyl groups is 1. The van der Waals surface area contributed by atoms with Crippen molar-refractivity contribution in [3.63, 3.8) is 0 Å². The highest BCUT2D eigenvalue weighted by atomic mass is 16.5. The highest BCUT2D eigenvalue weighted by molar-refractivity contribution is 5.98. The molecule has 4 saturated heterocycles. The Morgan fingerprint density at radius 2 is 2.03 bits per heavy atom. The second-order valence-electron chi connectivity index (χ2n) is 8.68. The van der Waals surface area contributed by atoms with Gasteiger partial charge < -0.3 is 29.5 Å². The van der Waals surface area contributed by atoms with Crippen LogP contribution in [0.2, 0.25) is 0 Å². The molecule has 4 aliphatic heterocycles. The molecular formula is C21H31N3O7. The van der Waals surface area contributed by atoms with Gasteiger partial charge in [0.2, 0.25) is 11.8 Å². The molecule has 4 aliphatic rings. The number of β-amino-alcohol motifs (C(OH)–C–C–N with tert-alkyl or cyclic N) is 1. The SMILES string of the molecule is C=CCN(CCN1CCOCC1)C(=O)[C@@H]1N(CCO)C(=O)[C@H]2[C@H](C(=O)O)[C@@H]3CC[C@]12O3. The van der Waals surface area contributed by atoms with Crippen LogP contribution >= 0.6 is 0 Å². The highest BCUT2D eigenvalue weighted by Gasteiger charge is 2.74. The van der Waals surface area contributed by atoms with Gasteiger partial charge in [-0.25, -0.2) is 0 Å². The lowest BCUT2D eigenvalue weighted by atomic mass is 9.70. The molecule has 2 N–H and O–H groups in total. The zero-order chi connectivity index (χ0) is 22.2. The molecule has 0 aliphatic carbocycles.